The van der Waals surface area contributed by atoms with E-state index in [1.165, 1.54) is 6.92 Å². The molecule has 1 unspecified atom stereocenters. The third kappa shape index (κ3) is 5.05. The molecule has 19 heavy (non-hydrogen) atoms. The summed E-state index contributed by atoms with van der Waals surface area (Å²) < 4.78 is 72.7. The first-order valence-electron chi connectivity index (χ1n) is 4.70. The SMILES string of the molecule is Cc1cc2ccccc2[s+]1C(F)(F)F.[O-][Br+3]([O-])([O-])[O-]. The summed E-state index contributed by atoms with van der Waals surface area (Å²) in [7, 11) is -1.70. The molecule has 2 aromatic rings. The second kappa shape index (κ2) is 5.73. The Hall–Kier alpha value is -0.710. The maximum Gasteiger partial charge on any atom is 0.600 e. The monoisotopic (exact) mass is 360 g/mol. The van der Waals surface area contributed by atoms with Gasteiger partial charge >= 0.3 is 5.51 Å². The molecule has 4 nitrogen and oxygen atoms in total. The van der Waals surface area contributed by atoms with E-state index in [9.17, 15) is 13.2 Å². The highest BCUT2D eigenvalue weighted by Gasteiger charge is 2.46. The van der Waals surface area contributed by atoms with E-state index in [-0.39, 0.29) is 0 Å². The molecule has 0 fully saturated rings. The Morgan fingerprint density at radius 1 is 1.05 bits per heavy atom. The van der Waals surface area contributed by atoms with Crippen molar-refractivity contribution in [2.45, 2.75) is 12.4 Å². The average Bonchev–Trinajstić information content (AvgIpc) is 2.49. The lowest BCUT2D eigenvalue weighted by atomic mass is 10.2. The van der Waals surface area contributed by atoms with E-state index in [0.29, 0.717) is 15.0 Å². The van der Waals surface area contributed by atoms with Gasteiger partial charge in [-0.05, 0) is 12.1 Å². The van der Waals surface area contributed by atoms with Crippen LogP contribution in [0, 0.1) is 21.0 Å². The number of benzene rings is 1. The zero-order valence-electron chi connectivity index (χ0n) is 9.44. The number of fused-ring (bicyclic) bond motifs is 1. The second-order valence-electron chi connectivity index (χ2n) is 3.42. The van der Waals surface area contributed by atoms with Crippen molar-refractivity contribution in [3.05, 3.63) is 35.2 Å². The van der Waals surface area contributed by atoms with Crippen LogP contribution >= 0.6 is 10.5 Å². The largest absolute Gasteiger partial charge is 0.600 e. The molecule has 1 aromatic heterocycles. The summed E-state index contributed by atoms with van der Waals surface area (Å²) in [5.74, 6) is 0. The fraction of sp³-hybridized carbons (Fsp3) is 0.200. The maximum atomic E-state index is 12.7. The molecule has 0 aliphatic heterocycles. The van der Waals surface area contributed by atoms with Crippen molar-refractivity contribution in [2.24, 2.45) is 0 Å². The summed E-state index contributed by atoms with van der Waals surface area (Å²) in [5.41, 5.74) is -4.15. The number of hydrogen-bond donors (Lipinski definition) is 0. The number of rotatable bonds is 0. The van der Waals surface area contributed by atoms with Crippen LogP contribution in [0.15, 0.2) is 30.3 Å². The molecular formula is C10H8BrF3O4S. The first kappa shape index (κ1) is 16.3. The molecule has 2 rings (SSSR count). The van der Waals surface area contributed by atoms with Gasteiger partial charge in [0.05, 0.1) is 24.6 Å². The predicted molar refractivity (Wildman–Crippen MR) is 52.5 cm³/mol. The molecule has 0 spiro atoms. The molecule has 1 atom stereocenters. The van der Waals surface area contributed by atoms with E-state index < -0.39 is 30.1 Å². The molecule has 0 amide bonds. The number of hydrogen-bond acceptors (Lipinski definition) is 4. The first-order valence-corrected chi connectivity index (χ1v) is 8.52. The number of alkyl halides is 3. The lowest BCUT2D eigenvalue weighted by Crippen LogP contribution is -2.68. The molecule has 0 bridgehead atoms. The molecule has 0 N–H and O–H groups in total. The smallest absolute Gasteiger partial charge is 0.264 e. The van der Waals surface area contributed by atoms with Crippen molar-refractivity contribution < 1.29 is 44.1 Å². The molecule has 0 saturated carbocycles. The molecule has 0 saturated heterocycles. The first-order chi connectivity index (χ1) is 8.50. The van der Waals surface area contributed by atoms with E-state index in [0.717, 1.165) is 0 Å². The quantitative estimate of drug-likeness (QED) is 0.598. The maximum absolute atomic E-state index is 12.7. The highest BCUT2D eigenvalue weighted by atomic mass is 80.0. The fourth-order valence-corrected chi connectivity index (χ4v) is 3.33. The Bertz CT molecular complexity index is 556. The van der Waals surface area contributed by atoms with E-state index in [1.54, 1.807) is 30.3 Å². The van der Waals surface area contributed by atoms with Gasteiger partial charge in [-0.2, -0.15) is 0 Å². The van der Waals surface area contributed by atoms with Crippen LogP contribution < -0.4 is 16.8 Å². The highest BCUT2D eigenvalue weighted by molar-refractivity contribution is 7.38. The van der Waals surface area contributed by atoms with Crippen molar-refractivity contribution in [2.75, 3.05) is 0 Å². The predicted octanol–water partition coefficient (Wildman–Crippen LogP) is -0.382. The summed E-state index contributed by atoms with van der Waals surface area (Å²) in [4.78, 5) is 0.402. The zero-order chi connectivity index (χ0) is 14.8. The van der Waals surface area contributed by atoms with Gasteiger partial charge in [0.1, 0.15) is 0 Å². The van der Waals surface area contributed by atoms with E-state index >= 15 is 0 Å². The van der Waals surface area contributed by atoms with E-state index in [4.69, 9.17) is 16.8 Å². The minimum Gasteiger partial charge on any atom is -0.264 e. The Balaban J connectivity index is 0.000000312. The fourth-order valence-electron chi connectivity index (χ4n) is 1.54. The topological polar surface area (TPSA) is 92.2 Å². The summed E-state index contributed by atoms with van der Waals surface area (Å²) >= 11 is -5.62. The van der Waals surface area contributed by atoms with Gasteiger partial charge in [0.15, 0.2) is 9.58 Å². The number of halogens is 4. The molecule has 106 valence electrons. The van der Waals surface area contributed by atoms with Crippen LogP contribution in [0.2, 0.25) is 0 Å². The normalized spacial score (nSPS) is 13.2. The van der Waals surface area contributed by atoms with Crippen LogP contribution in [0.4, 0.5) is 13.2 Å². The summed E-state index contributed by atoms with van der Waals surface area (Å²) in [5, 5.41) is 0.700. The van der Waals surface area contributed by atoms with Crippen molar-refractivity contribution >= 4 is 20.6 Å². The molecule has 0 radical (unpaired) electrons. The van der Waals surface area contributed by atoms with Crippen LogP contribution in [0.25, 0.3) is 10.1 Å². The van der Waals surface area contributed by atoms with Crippen molar-refractivity contribution in [3.63, 3.8) is 0 Å². The lowest BCUT2D eigenvalue weighted by Gasteiger charge is -2.11. The van der Waals surface area contributed by atoms with E-state index in [2.05, 4.69) is 0 Å². The molecule has 0 aliphatic carbocycles. The van der Waals surface area contributed by atoms with Crippen LogP contribution in [0.5, 0.6) is 0 Å². The second-order valence-corrected chi connectivity index (χ2v) is 7.17. The lowest BCUT2D eigenvalue weighted by molar-refractivity contribution is -2.00. The van der Waals surface area contributed by atoms with Gasteiger partial charge in [0.25, 0.3) is 0 Å². The molecular weight excluding hydrogens is 353 g/mol. The number of aryl methyl sites for hydroxylation is 1. The number of thiophene rings is 1. The van der Waals surface area contributed by atoms with Crippen molar-refractivity contribution in [1.29, 1.82) is 0 Å². The van der Waals surface area contributed by atoms with Crippen LogP contribution in [-0.4, -0.2) is 0 Å². The minimum atomic E-state index is -5.62. The van der Waals surface area contributed by atoms with Crippen LogP contribution in [0.3, 0.4) is 0 Å². The minimum absolute atomic E-state index is 0.400. The standard InChI is InChI=1S/C10H8F3S.BrO4/c1-7-6-8-4-2-3-5-9(8)14(7)10(11,12)13;2-1(3,4)5/h2-6H,1H3;/q+1;-1. The average molecular weight is 361 g/mol. The molecule has 1 aromatic carbocycles. The van der Waals surface area contributed by atoms with Crippen molar-refractivity contribution in [1.82, 2.24) is 0 Å². The van der Waals surface area contributed by atoms with Gasteiger partial charge in [-0.1, -0.05) is 12.1 Å². The Kier molecular flexibility index (Phi) is 4.93. The third-order valence-electron chi connectivity index (χ3n) is 2.05. The summed E-state index contributed by atoms with van der Waals surface area (Å²) in [6.45, 7) is 1.54. The van der Waals surface area contributed by atoms with Crippen molar-refractivity contribution in [3.8, 4) is 0 Å². The summed E-state index contributed by atoms with van der Waals surface area (Å²) in [6.07, 6.45) is 0. The van der Waals surface area contributed by atoms with E-state index in [1.807, 2.05) is 0 Å². The van der Waals surface area contributed by atoms with Gasteiger partial charge in [0.2, 0.25) is 0 Å². The van der Waals surface area contributed by atoms with Crippen LogP contribution in [0.1, 0.15) is 4.88 Å². The summed E-state index contributed by atoms with van der Waals surface area (Å²) in [6, 6.07) is 8.30. The van der Waals surface area contributed by atoms with Gasteiger partial charge in [-0.25, -0.2) is 0 Å². The molecule has 9 heteroatoms. The Morgan fingerprint density at radius 2 is 1.53 bits per heavy atom. The highest BCUT2D eigenvalue weighted by Crippen LogP contribution is 2.50. The van der Waals surface area contributed by atoms with Gasteiger partial charge in [-0.3, -0.25) is 16.8 Å². The van der Waals surface area contributed by atoms with Crippen LogP contribution in [-0.2, 0) is 5.51 Å². The Morgan fingerprint density at radius 3 is 2.00 bits per heavy atom. The molecule has 1 heterocycles. The Labute approximate surface area is 112 Å². The van der Waals surface area contributed by atoms with Gasteiger partial charge in [0, 0.05) is 18.4 Å². The van der Waals surface area contributed by atoms with Gasteiger partial charge in [-0.15, -0.1) is 13.2 Å². The third-order valence-corrected chi connectivity index (χ3v) is 4.09. The van der Waals surface area contributed by atoms with Gasteiger partial charge < -0.3 is 0 Å². The zero-order valence-corrected chi connectivity index (χ0v) is 11.8. The molecule has 0 aliphatic rings.